The molecule has 3 aromatic rings. The Labute approximate surface area is 203 Å². The quantitative estimate of drug-likeness (QED) is 0.429. The van der Waals surface area contributed by atoms with E-state index in [1.165, 1.54) is 0 Å². The van der Waals surface area contributed by atoms with E-state index >= 15 is 0 Å². The number of fused-ring (bicyclic) bond motifs is 1. The van der Waals surface area contributed by atoms with Crippen LogP contribution < -0.4 is 61.2 Å². The number of pyridine rings is 1. The molecule has 0 aliphatic carbocycles. The Kier molecular flexibility index (Phi) is 8.25. The number of hydrogen-bond donors (Lipinski definition) is 0. The van der Waals surface area contributed by atoms with Crippen LogP contribution in [-0.2, 0) is 0 Å². The zero-order chi connectivity index (χ0) is 17.8. The molecule has 0 aliphatic rings. The molecule has 0 bridgehead atoms. The van der Waals surface area contributed by atoms with E-state index in [4.69, 9.17) is 4.74 Å². The summed E-state index contributed by atoms with van der Waals surface area (Å²) in [4.78, 5) is 16.2. The van der Waals surface area contributed by atoms with E-state index in [1.54, 1.807) is 18.2 Å². The number of carboxylic acids is 1. The smallest absolute Gasteiger partial charge is 0.545 e. The summed E-state index contributed by atoms with van der Waals surface area (Å²) in [6, 6.07) is 14.4. The van der Waals surface area contributed by atoms with Crippen LogP contribution in [0, 0.1) is 0 Å². The summed E-state index contributed by atoms with van der Waals surface area (Å²) in [5.74, 6) is -0.472. The van der Waals surface area contributed by atoms with Gasteiger partial charge in [-0.15, -0.1) is 0 Å². The Bertz CT molecular complexity index is 930. The van der Waals surface area contributed by atoms with Crippen LogP contribution in [0.15, 0.2) is 53.0 Å². The molecule has 0 aliphatic heterocycles. The number of hydrogen-bond acceptors (Lipinski definition) is 4. The Hall–Kier alpha value is -0.764. The molecule has 128 valence electrons. The van der Waals surface area contributed by atoms with E-state index in [-0.39, 0.29) is 56.9 Å². The normalized spacial score (nSPS) is 10.4. The van der Waals surface area contributed by atoms with Gasteiger partial charge < -0.3 is 14.6 Å². The van der Waals surface area contributed by atoms with Crippen molar-refractivity contribution in [2.75, 3.05) is 6.61 Å². The van der Waals surface area contributed by atoms with Gasteiger partial charge in [0.2, 0.25) is 0 Å². The molecule has 0 atom stereocenters. The molecule has 26 heavy (non-hydrogen) atoms. The van der Waals surface area contributed by atoms with E-state index in [0.29, 0.717) is 23.2 Å². The monoisotopic (exact) mass is 437 g/mol. The minimum atomic E-state index is -1.22. The minimum Gasteiger partial charge on any atom is -0.545 e. The maximum Gasteiger partial charge on any atom is 1.00 e. The van der Waals surface area contributed by atoms with Crippen LogP contribution in [-0.4, -0.2) is 17.6 Å². The Morgan fingerprint density at radius 2 is 2.00 bits per heavy atom. The number of rotatable bonds is 6. The second-order valence-electron chi connectivity index (χ2n) is 5.73. The van der Waals surface area contributed by atoms with Gasteiger partial charge in [-0.1, -0.05) is 41.4 Å². The zero-order valence-electron chi connectivity index (χ0n) is 14.8. The first-order chi connectivity index (χ1) is 12.1. The number of benzene rings is 2. The summed E-state index contributed by atoms with van der Waals surface area (Å²) in [6.07, 6.45) is 2.05. The third-order valence-electron chi connectivity index (χ3n) is 3.89. The molecule has 2 aromatic carbocycles. The van der Waals surface area contributed by atoms with Gasteiger partial charge in [-0.05, 0) is 42.8 Å². The molecule has 3 rings (SSSR count). The number of aromatic nitrogens is 1. The predicted molar refractivity (Wildman–Crippen MR) is 99.6 cm³/mol. The topological polar surface area (TPSA) is 62.2 Å². The average molecular weight is 438 g/mol. The first-order valence-electron chi connectivity index (χ1n) is 8.13. The van der Waals surface area contributed by atoms with Gasteiger partial charge in [0.05, 0.1) is 23.8 Å². The second kappa shape index (κ2) is 9.97. The number of carbonyl (C=O) groups is 1. The molecule has 0 N–H and O–H groups in total. The average Bonchev–Trinajstić information content (AvgIpc) is 2.61. The summed E-state index contributed by atoms with van der Waals surface area (Å²) in [7, 11) is 0. The van der Waals surface area contributed by atoms with Crippen LogP contribution in [0.2, 0.25) is 0 Å². The second-order valence-corrected chi connectivity index (χ2v) is 6.65. The van der Waals surface area contributed by atoms with Crippen LogP contribution in [0.5, 0.6) is 5.75 Å². The molecule has 4 nitrogen and oxygen atoms in total. The maximum atomic E-state index is 11.6. The van der Waals surface area contributed by atoms with Gasteiger partial charge in [0.25, 0.3) is 0 Å². The number of aromatic carboxylic acids is 1. The van der Waals surface area contributed by atoms with Crippen LogP contribution >= 0.6 is 15.9 Å². The molecular weight excluding hydrogens is 421 g/mol. The maximum absolute atomic E-state index is 11.6. The number of carboxylic acid groups (broad SMARTS) is 1. The van der Waals surface area contributed by atoms with E-state index in [2.05, 4.69) is 27.8 Å². The Balaban J connectivity index is 0.00000243. The Morgan fingerprint density at radius 1 is 1.19 bits per heavy atom. The van der Waals surface area contributed by atoms with Gasteiger partial charge in [-0.3, -0.25) is 0 Å². The van der Waals surface area contributed by atoms with E-state index in [9.17, 15) is 9.90 Å². The van der Waals surface area contributed by atoms with Gasteiger partial charge >= 0.3 is 51.4 Å². The van der Waals surface area contributed by atoms with Gasteiger partial charge in [0.1, 0.15) is 5.75 Å². The molecular formula is C20H17BrKNO3. The number of unbranched alkanes of at least 4 members (excludes halogenated alkanes) is 1. The van der Waals surface area contributed by atoms with Crippen molar-refractivity contribution in [2.24, 2.45) is 0 Å². The fourth-order valence-electron chi connectivity index (χ4n) is 2.59. The molecule has 0 unspecified atom stereocenters. The van der Waals surface area contributed by atoms with Crippen LogP contribution in [0.25, 0.3) is 22.2 Å². The molecule has 1 aromatic heterocycles. The largest absolute Gasteiger partial charge is 1.00 e. The molecule has 0 radical (unpaired) electrons. The molecule has 1 heterocycles. The van der Waals surface area contributed by atoms with Crippen molar-refractivity contribution < 1.29 is 66.0 Å². The molecule has 0 fully saturated rings. The summed E-state index contributed by atoms with van der Waals surface area (Å²) in [6.45, 7) is 2.77. The first kappa shape index (κ1) is 21.5. The molecule has 0 spiro atoms. The summed E-state index contributed by atoms with van der Waals surface area (Å²) >= 11 is 3.36. The number of halogens is 1. The van der Waals surface area contributed by atoms with E-state index in [0.717, 1.165) is 28.6 Å². The van der Waals surface area contributed by atoms with Crippen molar-refractivity contribution >= 4 is 32.8 Å². The SMILES string of the molecule is CCCCOc1cccc(-c2cc(C(=O)[O-])c3cc(Br)ccc3n2)c1.[K+]. The van der Waals surface area contributed by atoms with Gasteiger partial charge in [-0.25, -0.2) is 4.98 Å². The van der Waals surface area contributed by atoms with E-state index < -0.39 is 5.97 Å². The first-order valence-corrected chi connectivity index (χ1v) is 8.92. The standard InChI is InChI=1S/C20H18BrNO3.K/c1-2-3-9-25-15-6-4-5-13(10-15)19-12-17(20(23)24)16-11-14(21)7-8-18(16)22-19;/h4-8,10-12H,2-3,9H2,1H3,(H,23,24);/q;+1/p-1. The van der Waals surface area contributed by atoms with Crippen molar-refractivity contribution in [2.45, 2.75) is 19.8 Å². The molecule has 0 saturated heterocycles. The van der Waals surface area contributed by atoms with Crippen LogP contribution in [0.4, 0.5) is 0 Å². The van der Waals surface area contributed by atoms with Crippen LogP contribution in [0.3, 0.4) is 0 Å². The molecule has 0 amide bonds. The summed E-state index contributed by atoms with van der Waals surface area (Å²) < 4.78 is 6.52. The van der Waals surface area contributed by atoms with Crippen molar-refractivity contribution in [3.8, 4) is 17.0 Å². The third kappa shape index (κ3) is 5.15. The van der Waals surface area contributed by atoms with Gasteiger partial charge in [0.15, 0.2) is 0 Å². The summed E-state index contributed by atoms with van der Waals surface area (Å²) in [5, 5.41) is 12.1. The van der Waals surface area contributed by atoms with Gasteiger partial charge in [-0.2, -0.15) is 0 Å². The zero-order valence-corrected chi connectivity index (χ0v) is 19.5. The summed E-state index contributed by atoms with van der Waals surface area (Å²) in [5.41, 5.74) is 2.12. The van der Waals surface area contributed by atoms with Crippen molar-refractivity contribution in [3.63, 3.8) is 0 Å². The number of nitrogens with zero attached hydrogens (tertiary/aromatic N) is 1. The predicted octanol–water partition coefficient (Wildman–Crippen LogP) is 1.21. The Morgan fingerprint density at radius 3 is 2.73 bits per heavy atom. The van der Waals surface area contributed by atoms with Crippen molar-refractivity contribution in [1.29, 1.82) is 0 Å². The van der Waals surface area contributed by atoms with Crippen molar-refractivity contribution in [3.05, 3.63) is 58.6 Å². The van der Waals surface area contributed by atoms with Gasteiger partial charge in [0, 0.05) is 21.0 Å². The fraction of sp³-hybridized carbons (Fsp3) is 0.200. The molecule has 6 heteroatoms. The molecule has 0 saturated carbocycles. The third-order valence-corrected chi connectivity index (χ3v) is 4.38. The van der Waals surface area contributed by atoms with E-state index in [1.807, 2.05) is 30.3 Å². The minimum absolute atomic E-state index is 0. The number of carbonyl (C=O) groups excluding carboxylic acids is 1. The fourth-order valence-corrected chi connectivity index (χ4v) is 2.96. The van der Waals surface area contributed by atoms with Crippen molar-refractivity contribution in [1.82, 2.24) is 4.98 Å². The number of ether oxygens (including phenoxy) is 1. The van der Waals surface area contributed by atoms with Crippen LogP contribution in [0.1, 0.15) is 30.1 Å².